The van der Waals surface area contributed by atoms with Crippen molar-refractivity contribution in [2.75, 3.05) is 0 Å². The number of fused-ring (bicyclic) bond motifs is 4. The molecule has 0 aliphatic heterocycles. The van der Waals surface area contributed by atoms with Crippen molar-refractivity contribution >= 4 is 53.9 Å². The Kier molecular flexibility index (Phi) is 3.71. The Labute approximate surface area is 170 Å². The molecule has 30 heavy (non-hydrogen) atoms. The summed E-state index contributed by atoms with van der Waals surface area (Å²) in [6.07, 6.45) is 0. The molecule has 2 aromatic heterocycles. The van der Waals surface area contributed by atoms with Crippen molar-refractivity contribution < 1.29 is 13.0 Å². The van der Waals surface area contributed by atoms with Gasteiger partial charge in [-0.1, -0.05) is 24.3 Å². The summed E-state index contributed by atoms with van der Waals surface area (Å²) in [6, 6.07) is 13.2. The molecule has 150 valence electrons. The second-order valence-electron chi connectivity index (χ2n) is 7.31. The summed E-state index contributed by atoms with van der Waals surface area (Å²) in [5.74, 6) is 0. The minimum Gasteiger partial charge on any atom is -0.354 e. The minimum atomic E-state index is -4.77. The van der Waals surface area contributed by atoms with E-state index in [0.29, 0.717) is 27.5 Å². The van der Waals surface area contributed by atoms with Gasteiger partial charge in [-0.05, 0) is 49.2 Å². The van der Waals surface area contributed by atoms with Crippen LogP contribution in [-0.2, 0) is 10.3 Å². The molecular formula is C22H16N2O5S. The first-order valence-electron chi connectivity index (χ1n) is 9.21. The summed E-state index contributed by atoms with van der Waals surface area (Å²) in [6.45, 7) is 3.25. The lowest BCUT2D eigenvalue weighted by Crippen LogP contribution is -2.21. The van der Waals surface area contributed by atoms with Crippen LogP contribution in [0.3, 0.4) is 0 Å². The van der Waals surface area contributed by atoms with Crippen molar-refractivity contribution in [2.45, 2.75) is 13.8 Å². The number of aromatic nitrogens is 2. The molecule has 0 aliphatic rings. The number of H-pyrrole nitrogens is 1. The molecule has 0 aliphatic carbocycles. The standard InChI is InChI=1S/C22H16N2O5S/c1-11-18-20(24(30(27,28)29)16-10-6-4-8-14(16)22(18)26)12(2)17-19(11)23-15-9-5-3-7-13(15)21(17)25/h3-10H,1-2H3,(H,23,25)(H,27,28,29). The first-order chi connectivity index (χ1) is 14.2. The molecule has 0 bridgehead atoms. The van der Waals surface area contributed by atoms with Crippen molar-refractivity contribution in [3.63, 3.8) is 0 Å². The molecule has 0 fully saturated rings. The SMILES string of the molecule is Cc1c2[nH]c3ccccc3c(=O)c2c(C)c2c1c(=O)c1ccccc1n2S(=O)(=O)O. The fourth-order valence-electron chi connectivity index (χ4n) is 4.35. The number of hydrogen-bond donors (Lipinski definition) is 2. The molecule has 0 amide bonds. The zero-order valence-electron chi connectivity index (χ0n) is 16.1. The Morgan fingerprint density at radius 2 is 1.43 bits per heavy atom. The van der Waals surface area contributed by atoms with Gasteiger partial charge in [0.1, 0.15) is 0 Å². The maximum Gasteiger partial charge on any atom is 0.364 e. The van der Waals surface area contributed by atoms with Crippen LogP contribution in [0.5, 0.6) is 0 Å². The highest BCUT2D eigenvalue weighted by Crippen LogP contribution is 2.32. The van der Waals surface area contributed by atoms with Crippen molar-refractivity contribution in [2.24, 2.45) is 0 Å². The minimum absolute atomic E-state index is 0.00646. The number of pyridine rings is 2. The van der Waals surface area contributed by atoms with Crippen LogP contribution in [0.25, 0.3) is 43.6 Å². The highest BCUT2D eigenvalue weighted by molar-refractivity contribution is 7.84. The number of nitrogens with one attached hydrogen (secondary N) is 1. The Hall–Kier alpha value is -3.49. The van der Waals surface area contributed by atoms with E-state index in [1.807, 2.05) is 0 Å². The Morgan fingerprint density at radius 1 is 0.833 bits per heavy atom. The van der Waals surface area contributed by atoms with Crippen molar-refractivity contribution in [3.8, 4) is 0 Å². The molecule has 2 N–H and O–H groups in total. The molecule has 5 rings (SSSR count). The average Bonchev–Trinajstić information content (AvgIpc) is 2.71. The molecule has 8 heteroatoms. The number of aryl methyl sites for hydroxylation is 2. The third-order valence-corrected chi connectivity index (χ3v) is 6.49. The number of aromatic amines is 1. The van der Waals surface area contributed by atoms with Gasteiger partial charge in [-0.15, -0.1) is 0 Å². The molecule has 0 radical (unpaired) electrons. The number of nitrogens with zero attached hydrogens (tertiary/aromatic N) is 1. The second-order valence-corrected chi connectivity index (χ2v) is 8.57. The van der Waals surface area contributed by atoms with Crippen LogP contribution < -0.4 is 10.9 Å². The summed E-state index contributed by atoms with van der Waals surface area (Å²) in [5, 5.41) is 1.04. The molecule has 0 saturated carbocycles. The second kappa shape index (κ2) is 6.01. The maximum atomic E-state index is 13.4. The van der Waals surface area contributed by atoms with Crippen molar-refractivity contribution in [3.05, 3.63) is 80.1 Å². The largest absolute Gasteiger partial charge is 0.364 e. The van der Waals surface area contributed by atoms with E-state index in [4.69, 9.17) is 0 Å². The fraction of sp³-hybridized carbons (Fsp3) is 0.0909. The fourth-order valence-corrected chi connectivity index (χ4v) is 5.22. The van der Waals surface area contributed by atoms with E-state index in [-0.39, 0.29) is 38.0 Å². The molecule has 0 unspecified atom stereocenters. The Balaban J connectivity index is 2.25. The third-order valence-electron chi connectivity index (χ3n) is 5.65. The third kappa shape index (κ3) is 2.31. The van der Waals surface area contributed by atoms with Crippen LogP contribution in [0.15, 0.2) is 58.1 Å². The van der Waals surface area contributed by atoms with Crippen LogP contribution in [0.1, 0.15) is 11.1 Å². The summed E-state index contributed by atoms with van der Waals surface area (Å²) < 4.78 is 35.6. The highest BCUT2D eigenvalue weighted by Gasteiger charge is 2.24. The Bertz CT molecular complexity index is 1780. The zero-order chi connectivity index (χ0) is 21.4. The van der Waals surface area contributed by atoms with E-state index < -0.39 is 10.3 Å². The van der Waals surface area contributed by atoms with E-state index in [0.717, 1.165) is 3.97 Å². The molecule has 7 nitrogen and oxygen atoms in total. The van der Waals surface area contributed by atoms with Crippen LogP contribution >= 0.6 is 0 Å². The van der Waals surface area contributed by atoms with Crippen LogP contribution in [0.4, 0.5) is 0 Å². The van der Waals surface area contributed by atoms with Gasteiger partial charge in [0.2, 0.25) is 0 Å². The van der Waals surface area contributed by atoms with Gasteiger partial charge in [0.25, 0.3) is 0 Å². The lowest BCUT2D eigenvalue weighted by molar-refractivity contribution is 0.476. The van der Waals surface area contributed by atoms with Gasteiger partial charge in [-0.2, -0.15) is 8.42 Å². The first-order valence-corrected chi connectivity index (χ1v) is 10.6. The Morgan fingerprint density at radius 3 is 2.13 bits per heavy atom. The average molecular weight is 420 g/mol. The zero-order valence-corrected chi connectivity index (χ0v) is 16.9. The van der Waals surface area contributed by atoms with Crippen LogP contribution in [0.2, 0.25) is 0 Å². The quantitative estimate of drug-likeness (QED) is 0.319. The molecule has 3 aromatic carbocycles. The molecule has 0 saturated heterocycles. The summed E-state index contributed by atoms with van der Waals surface area (Å²) in [4.78, 5) is 29.9. The van der Waals surface area contributed by atoms with E-state index in [2.05, 4.69) is 4.98 Å². The van der Waals surface area contributed by atoms with Gasteiger partial charge >= 0.3 is 10.3 Å². The summed E-state index contributed by atoms with van der Waals surface area (Å²) in [5.41, 5.74) is 1.26. The predicted octanol–water partition coefficient (Wildman–Crippen LogP) is 3.42. The molecule has 2 heterocycles. The van der Waals surface area contributed by atoms with Crippen molar-refractivity contribution in [1.82, 2.24) is 8.96 Å². The smallest absolute Gasteiger partial charge is 0.354 e. The van der Waals surface area contributed by atoms with E-state index >= 15 is 0 Å². The van der Waals surface area contributed by atoms with E-state index in [1.165, 1.54) is 12.1 Å². The van der Waals surface area contributed by atoms with Gasteiger partial charge in [0, 0.05) is 16.3 Å². The maximum absolute atomic E-state index is 13.4. The van der Waals surface area contributed by atoms with Crippen LogP contribution in [0, 0.1) is 13.8 Å². The highest BCUT2D eigenvalue weighted by atomic mass is 32.2. The number of hydrogen-bond acceptors (Lipinski definition) is 4. The van der Waals surface area contributed by atoms with Crippen LogP contribution in [-0.4, -0.2) is 21.9 Å². The van der Waals surface area contributed by atoms with E-state index in [9.17, 15) is 22.6 Å². The summed E-state index contributed by atoms with van der Waals surface area (Å²) in [7, 11) is -4.77. The first kappa shape index (κ1) is 18.5. The monoisotopic (exact) mass is 420 g/mol. The number of benzene rings is 3. The van der Waals surface area contributed by atoms with E-state index in [1.54, 1.807) is 50.2 Å². The summed E-state index contributed by atoms with van der Waals surface area (Å²) >= 11 is 0. The predicted molar refractivity (Wildman–Crippen MR) is 118 cm³/mol. The van der Waals surface area contributed by atoms with Gasteiger partial charge in [-0.3, -0.25) is 14.1 Å². The normalized spacial score (nSPS) is 12.4. The van der Waals surface area contributed by atoms with Gasteiger partial charge in [0.15, 0.2) is 10.9 Å². The molecule has 0 atom stereocenters. The molecular weight excluding hydrogens is 404 g/mol. The lowest BCUT2D eigenvalue weighted by atomic mass is 9.96. The van der Waals surface area contributed by atoms with Gasteiger partial charge in [-0.25, -0.2) is 3.97 Å². The van der Waals surface area contributed by atoms with Gasteiger partial charge < -0.3 is 4.98 Å². The lowest BCUT2D eigenvalue weighted by Gasteiger charge is -2.18. The number of para-hydroxylation sites is 2. The molecule has 0 spiro atoms. The topological polar surface area (TPSA) is 109 Å². The molecule has 5 aromatic rings. The van der Waals surface area contributed by atoms with Gasteiger partial charge in [0.05, 0.1) is 27.3 Å². The van der Waals surface area contributed by atoms with Crippen molar-refractivity contribution in [1.29, 1.82) is 0 Å². The number of rotatable bonds is 1.